The van der Waals surface area contributed by atoms with Gasteiger partial charge in [0.15, 0.2) is 17.5 Å². The zero-order chi connectivity index (χ0) is 44.5. The van der Waals surface area contributed by atoms with E-state index in [1.165, 1.54) is 48.5 Å². The van der Waals surface area contributed by atoms with Crippen LogP contribution in [0.1, 0.15) is 0 Å². The number of rotatable bonds is 4. The second-order valence-electron chi connectivity index (χ2n) is 17.9. The molecule has 15 aromatic rings. The van der Waals surface area contributed by atoms with E-state index in [0.29, 0.717) is 17.5 Å². The fraction of sp³-hybridized carbons (Fsp3) is 0. The zero-order valence-electron chi connectivity index (χ0n) is 36.5. The third-order valence-electron chi connectivity index (χ3n) is 14.2. The molecule has 0 N–H and O–H groups in total. The second-order valence-corrected chi connectivity index (χ2v) is 17.9. The van der Waals surface area contributed by atoms with E-state index in [1.54, 1.807) is 0 Å². The van der Waals surface area contributed by atoms with Crippen LogP contribution in [0.2, 0.25) is 0 Å². The van der Waals surface area contributed by atoms with Crippen LogP contribution in [0, 0.1) is 0 Å². The van der Waals surface area contributed by atoms with Gasteiger partial charge in [-0.1, -0.05) is 176 Å². The third kappa shape index (κ3) is 5.47. The van der Waals surface area contributed by atoms with Crippen molar-refractivity contribution in [2.24, 2.45) is 0 Å². The third-order valence-corrected chi connectivity index (χ3v) is 14.2. The fourth-order valence-corrected chi connectivity index (χ4v) is 11.0. The highest BCUT2D eigenvalue weighted by atomic mass is 16.3. The van der Waals surface area contributed by atoms with Gasteiger partial charge in [0.2, 0.25) is 0 Å². The molecule has 0 amide bonds. The van der Waals surface area contributed by atoms with Gasteiger partial charge in [0, 0.05) is 38.2 Å². The van der Waals surface area contributed by atoms with Crippen molar-refractivity contribution < 1.29 is 4.42 Å². The maximum absolute atomic E-state index is 6.88. The van der Waals surface area contributed by atoms with Gasteiger partial charge in [-0.15, -0.1) is 0 Å². The summed E-state index contributed by atoms with van der Waals surface area (Å²) in [5.74, 6) is 1.74. The standard InChI is InChI=1S/C63H36N4O/c1-2-17-42-34-55-51(33-41(42)16-1)59-48-21-9-5-14-39(48)27-30-54(59)67(55)56-35-53-58(68-57-31-28-40-15-6-10-22-49(40)60(53)57)36-52(56)63-65-61(64-62(66-63)50-23-11-18-37-12-3-8-20-46(37)50)44-26-29-47-43(32-44)25-24-38-13-4-7-19-45(38)47/h1-36H. The van der Waals surface area contributed by atoms with Crippen LogP contribution in [0.4, 0.5) is 0 Å². The van der Waals surface area contributed by atoms with E-state index in [-0.39, 0.29) is 0 Å². The van der Waals surface area contributed by atoms with Gasteiger partial charge in [-0.3, -0.25) is 0 Å². The van der Waals surface area contributed by atoms with E-state index in [9.17, 15) is 0 Å². The summed E-state index contributed by atoms with van der Waals surface area (Å²) in [6.07, 6.45) is 0. The highest BCUT2D eigenvalue weighted by Gasteiger charge is 2.24. The van der Waals surface area contributed by atoms with E-state index in [2.05, 4.69) is 223 Å². The Kier molecular flexibility index (Phi) is 7.72. The average Bonchev–Trinajstić information content (AvgIpc) is 3.94. The molecule has 68 heavy (non-hydrogen) atoms. The number of benzene rings is 12. The Morgan fingerprint density at radius 1 is 0.294 bits per heavy atom. The smallest absolute Gasteiger partial charge is 0.166 e. The molecule has 0 atom stereocenters. The molecule has 0 bridgehead atoms. The summed E-state index contributed by atoms with van der Waals surface area (Å²) >= 11 is 0. The van der Waals surface area contributed by atoms with E-state index in [4.69, 9.17) is 19.4 Å². The Morgan fingerprint density at radius 3 is 1.63 bits per heavy atom. The Labute approximate surface area is 388 Å². The van der Waals surface area contributed by atoms with Gasteiger partial charge in [-0.05, 0) is 107 Å². The number of hydrogen-bond donors (Lipinski definition) is 0. The largest absolute Gasteiger partial charge is 0.456 e. The maximum Gasteiger partial charge on any atom is 0.166 e. The summed E-state index contributed by atoms with van der Waals surface area (Å²) in [4.78, 5) is 16.4. The molecule has 0 radical (unpaired) electrons. The summed E-state index contributed by atoms with van der Waals surface area (Å²) in [6, 6.07) is 78.2. The molecule has 0 spiro atoms. The average molecular weight is 865 g/mol. The molecule has 0 saturated carbocycles. The molecular formula is C63H36N4O. The lowest BCUT2D eigenvalue weighted by Gasteiger charge is -2.16. The molecule has 5 heteroatoms. The molecule has 0 fully saturated rings. The first-order chi connectivity index (χ1) is 33.7. The quantitative estimate of drug-likeness (QED) is 0.165. The number of fused-ring (bicyclic) bond motifs is 15. The Hall–Kier alpha value is -9.19. The fourth-order valence-electron chi connectivity index (χ4n) is 11.0. The summed E-state index contributed by atoms with van der Waals surface area (Å²) in [6.45, 7) is 0. The van der Waals surface area contributed by atoms with E-state index < -0.39 is 0 Å². The lowest BCUT2D eigenvalue weighted by Crippen LogP contribution is -2.04. The highest BCUT2D eigenvalue weighted by Crippen LogP contribution is 2.45. The van der Waals surface area contributed by atoms with Gasteiger partial charge in [-0.25, -0.2) is 15.0 Å². The van der Waals surface area contributed by atoms with Crippen molar-refractivity contribution in [2.75, 3.05) is 0 Å². The van der Waals surface area contributed by atoms with Crippen LogP contribution in [-0.4, -0.2) is 19.5 Å². The molecule has 12 aromatic carbocycles. The molecule has 0 aliphatic rings. The lowest BCUT2D eigenvalue weighted by atomic mass is 9.99. The molecule has 5 nitrogen and oxygen atoms in total. The van der Waals surface area contributed by atoms with Crippen molar-refractivity contribution in [1.82, 2.24) is 19.5 Å². The Morgan fingerprint density at radius 2 is 0.853 bits per heavy atom. The molecule has 314 valence electrons. The number of furan rings is 1. The minimum atomic E-state index is 0.551. The van der Waals surface area contributed by atoms with Gasteiger partial charge >= 0.3 is 0 Å². The van der Waals surface area contributed by atoms with Crippen LogP contribution < -0.4 is 0 Å². The molecule has 15 rings (SSSR count). The minimum absolute atomic E-state index is 0.551. The van der Waals surface area contributed by atoms with E-state index >= 15 is 0 Å². The normalized spacial score (nSPS) is 12.1. The van der Waals surface area contributed by atoms with Gasteiger partial charge in [-0.2, -0.15) is 0 Å². The Bertz CT molecular complexity index is 4630. The van der Waals surface area contributed by atoms with Crippen molar-refractivity contribution in [2.45, 2.75) is 0 Å². The summed E-state index contributed by atoms with van der Waals surface area (Å²) in [5.41, 5.74) is 7.41. The molecule has 3 aromatic heterocycles. The summed E-state index contributed by atoms with van der Waals surface area (Å²) in [7, 11) is 0. The van der Waals surface area contributed by atoms with Crippen LogP contribution >= 0.6 is 0 Å². The van der Waals surface area contributed by atoms with Gasteiger partial charge in [0.25, 0.3) is 0 Å². The molecule has 0 saturated heterocycles. The summed E-state index contributed by atoms with van der Waals surface area (Å²) in [5, 5.41) is 18.5. The lowest BCUT2D eigenvalue weighted by molar-refractivity contribution is 0.669. The van der Waals surface area contributed by atoms with Crippen molar-refractivity contribution in [3.8, 4) is 39.9 Å². The van der Waals surface area contributed by atoms with Crippen LogP contribution in [0.5, 0.6) is 0 Å². The Balaban J connectivity index is 1.09. The van der Waals surface area contributed by atoms with Crippen molar-refractivity contribution in [3.05, 3.63) is 218 Å². The maximum atomic E-state index is 6.88. The van der Waals surface area contributed by atoms with E-state index in [0.717, 1.165) is 82.3 Å². The molecule has 3 heterocycles. The van der Waals surface area contributed by atoms with Crippen molar-refractivity contribution >= 4 is 108 Å². The van der Waals surface area contributed by atoms with Crippen LogP contribution in [0.25, 0.3) is 148 Å². The van der Waals surface area contributed by atoms with Crippen LogP contribution in [0.15, 0.2) is 223 Å². The first-order valence-electron chi connectivity index (χ1n) is 23.1. The molecular weight excluding hydrogens is 829 g/mol. The topological polar surface area (TPSA) is 56.7 Å². The highest BCUT2D eigenvalue weighted by molar-refractivity contribution is 6.24. The predicted molar refractivity (Wildman–Crippen MR) is 283 cm³/mol. The van der Waals surface area contributed by atoms with Crippen molar-refractivity contribution in [3.63, 3.8) is 0 Å². The first kappa shape index (κ1) is 37.1. The monoisotopic (exact) mass is 864 g/mol. The van der Waals surface area contributed by atoms with E-state index in [1.807, 2.05) is 0 Å². The SMILES string of the molecule is c1ccc2cc3c(cc2c1)c1c2ccccc2ccc1n3-c1cc2c(cc1-c1nc(-c3ccc4c(ccc5ccccc54)c3)nc(-c3cccc4ccccc34)n1)oc1ccc3ccccc3c12. The van der Waals surface area contributed by atoms with Gasteiger partial charge < -0.3 is 8.98 Å². The number of aromatic nitrogens is 4. The van der Waals surface area contributed by atoms with Crippen LogP contribution in [0.3, 0.4) is 0 Å². The number of nitrogens with zero attached hydrogens (tertiary/aromatic N) is 4. The predicted octanol–water partition coefficient (Wildman–Crippen LogP) is 16.8. The molecule has 0 aliphatic carbocycles. The zero-order valence-corrected chi connectivity index (χ0v) is 36.5. The minimum Gasteiger partial charge on any atom is -0.456 e. The molecule has 0 unspecified atom stereocenters. The first-order valence-corrected chi connectivity index (χ1v) is 23.1. The number of hydrogen-bond acceptors (Lipinski definition) is 4. The van der Waals surface area contributed by atoms with Gasteiger partial charge in [0.1, 0.15) is 11.2 Å². The van der Waals surface area contributed by atoms with Crippen LogP contribution in [-0.2, 0) is 0 Å². The molecule has 0 aliphatic heterocycles. The van der Waals surface area contributed by atoms with Gasteiger partial charge in [0.05, 0.1) is 16.7 Å². The van der Waals surface area contributed by atoms with Crippen molar-refractivity contribution in [1.29, 1.82) is 0 Å². The second kappa shape index (κ2) is 14.2. The summed E-state index contributed by atoms with van der Waals surface area (Å²) < 4.78 is 9.31.